The molecule has 1 N–H and O–H groups in total. The fraction of sp³-hybridized carbons (Fsp3) is 0.292. The fourth-order valence-electron chi connectivity index (χ4n) is 3.80. The lowest BCUT2D eigenvalue weighted by atomic mass is 9.96. The first-order chi connectivity index (χ1) is 15.1. The second kappa shape index (κ2) is 10.1. The van der Waals surface area contributed by atoms with Crippen molar-refractivity contribution in [2.75, 3.05) is 25.1 Å². The van der Waals surface area contributed by atoms with Gasteiger partial charge in [-0.1, -0.05) is 24.3 Å². The molecule has 0 bridgehead atoms. The number of para-hydroxylation sites is 1. The van der Waals surface area contributed by atoms with Crippen molar-refractivity contribution in [2.24, 2.45) is 5.92 Å². The molecular formula is C24H25IN4O2. The predicted octanol–water partition coefficient (Wildman–Crippen LogP) is 4.29. The van der Waals surface area contributed by atoms with E-state index < -0.39 is 0 Å². The van der Waals surface area contributed by atoms with Crippen LogP contribution >= 0.6 is 22.6 Å². The van der Waals surface area contributed by atoms with Crippen LogP contribution in [0.3, 0.4) is 0 Å². The molecule has 1 aliphatic rings. The lowest BCUT2D eigenvalue weighted by molar-refractivity contribution is -0.125. The topological polar surface area (TPSA) is 67.3 Å². The third-order valence-corrected chi connectivity index (χ3v) is 6.32. The van der Waals surface area contributed by atoms with Gasteiger partial charge >= 0.3 is 0 Å². The molecule has 2 heterocycles. The van der Waals surface area contributed by atoms with Crippen LogP contribution in [0.5, 0.6) is 5.75 Å². The van der Waals surface area contributed by atoms with E-state index in [0.717, 1.165) is 54.3 Å². The number of hydrogen-bond acceptors (Lipinski definition) is 5. The number of piperidine rings is 1. The summed E-state index contributed by atoms with van der Waals surface area (Å²) in [5.41, 5.74) is 2.83. The van der Waals surface area contributed by atoms with E-state index in [1.54, 1.807) is 7.11 Å². The molecule has 0 saturated carbocycles. The first-order valence-electron chi connectivity index (χ1n) is 10.4. The molecule has 1 fully saturated rings. The van der Waals surface area contributed by atoms with E-state index in [1.807, 2.05) is 36.4 Å². The number of hydrogen-bond donors (Lipinski definition) is 1. The van der Waals surface area contributed by atoms with Gasteiger partial charge in [-0.25, -0.2) is 0 Å². The molecule has 1 aromatic heterocycles. The van der Waals surface area contributed by atoms with Crippen LogP contribution in [-0.4, -0.2) is 36.3 Å². The van der Waals surface area contributed by atoms with Gasteiger partial charge in [0.25, 0.3) is 0 Å². The Kier molecular flexibility index (Phi) is 7.01. The van der Waals surface area contributed by atoms with Gasteiger partial charge in [-0.3, -0.25) is 4.79 Å². The summed E-state index contributed by atoms with van der Waals surface area (Å²) in [6.07, 6.45) is 1.63. The average molecular weight is 528 g/mol. The summed E-state index contributed by atoms with van der Waals surface area (Å²) in [5, 5.41) is 11.9. The zero-order chi connectivity index (χ0) is 21.6. The maximum Gasteiger partial charge on any atom is 0.223 e. The molecule has 0 radical (unpaired) electrons. The monoisotopic (exact) mass is 528 g/mol. The van der Waals surface area contributed by atoms with Crippen molar-refractivity contribution in [1.82, 2.24) is 15.5 Å². The Hall–Kier alpha value is -2.68. The Labute approximate surface area is 196 Å². The number of carbonyl (C=O) groups excluding carboxylic acids is 1. The van der Waals surface area contributed by atoms with Crippen LogP contribution in [0.2, 0.25) is 0 Å². The molecule has 160 valence electrons. The Bertz CT molecular complexity index is 1020. The van der Waals surface area contributed by atoms with Crippen LogP contribution in [0.1, 0.15) is 18.4 Å². The number of carbonyl (C=O) groups is 1. The number of ether oxygens (including phenoxy) is 1. The largest absolute Gasteiger partial charge is 0.496 e. The summed E-state index contributed by atoms with van der Waals surface area (Å²) in [4.78, 5) is 14.8. The second-order valence-electron chi connectivity index (χ2n) is 7.58. The predicted molar refractivity (Wildman–Crippen MR) is 130 cm³/mol. The molecule has 3 aromatic rings. The minimum absolute atomic E-state index is 0.0425. The summed E-state index contributed by atoms with van der Waals surface area (Å²) in [6.45, 7) is 2.17. The molecule has 7 heteroatoms. The first kappa shape index (κ1) is 21.5. The van der Waals surface area contributed by atoms with Gasteiger partial charge in [0, 0.05) is 34.7 Å². The number of anilines is 1. The van der Waals surface area contributed by atoms with E-state index >= 15 is 0 Å². The summed E-state index contributed by atoms with van der Waals surface area (Å²) >= 11 is 2.28. The third-order valence-electron chi connectivity index (χ3n) is 5.60. The first-order valence-corrected chi connectivity index (χ1v) is 11.5. The van der Waals surface area contributed by atoms with Crippen LogP contribution < -0.4 is 15.0 Å². The molecule has 1 saturated heterocycles. The maximum atomic E-state index is 12.6. The van der Waals surface area contributed by atoms with E-state index in [0.29, 0.717) is 6.54 Å². The lowest BCUT2D eigenvalue weighted by Gasteiger charge is -2.31. The minimum atomic E-state index is 0.0425. The van der Waals surface area contributed by atoms with Crippen molar-refractivity contribution >= 4 is 34.3 Å². The number of nitrogens with zero attached hydrogens (tertiary/aromatic N) is 3. The molecule has 31 heavy (non-hydrogen) atoms. The van der Waals surface area contributed by atoms with Crippen LogP contribution in [0.4, 0.5) is 5.82 Å². The van der Waals surface area contributed by atoms with Crippen molar-refractivity contribution < 1.29 is 9.53 Å². The summed E-state index contributed by atoms with van der Waals surface area (Å²) in [7, 11) is 1.65. The van der Waals surface area contributed by atoms with Crippen molar-refractivity contribution in [3.8, 4) is 17.0 Å². The Morgan fingerprint density at radius 1 is 1.06 bits per heavy atom. The average Bonchev–Trinajstić information content (AvgIpc) is 2.83. The Morgan fingerprint density at radius 3 is 2.48 bits per heavy atom. The molecule has 1 aliphatic heterocycles. The normalized spacial score (nSPS) is 14.3. The van der Waals surface area contributed by atoms with Gasteiger partial charge in [-0.05, 0) is 77.4 Å². The number of rotatable bonds is 6. The lowest BCUT2D eigenvalue weighted by Crippen LogP contribution is -2.40. The number of benzene rings is 2. The molecular weight excluding hydrogens is 503 g/mol. The van der Waals surface area contributed by atoms with Crippen molar-refractivity contribution in [3.05, 3.63) is 69.8 Å². The van der Waals surface area contributed by atoms with E-state index in [4.69, 9.17) is 4.74 Å². The number of halogens is 1. The molecule has 1 amide bonds. The van der Waals surface area contributed by atoms with Crippen molar-refractivity contribution in [3.63, 3.8) is 0 Å². The fourth-order valence-corrected chi connectivity index (χ4v) is 4.16. The Balaban J connectivity index is 1.31. The molecule has 0 aliphatic carbocycles. The number of amides is 1. The summed E-state index contributed by atoms with van der Waals surface area (Å²) in [5.74, 6) is 1.80. The van der Waals surface area contributed by atoms with Gasteiger partial charge in [0.1, 0.15) is 5.75 Å². The molecule has 4 rings (SSSR count). The van der Waals surface area contributed by atoms with Gasteiger partial charge in [0.05, 0.1) is 12.8 Å². The second-order valence-corrected chi connectivity index (χ2v) is 8.83. The number of methoxy groups -OCH3 is 1. The summed E-state index contributed by atoms with van der Waals surface area (Å²) in [6, 6.07) is 20.0. The maximum absolute atomic E-state index is 12.6. The SMILES string of the molecule is COc1ccccc1-c1ccc(N2CCC(C(=O)NCc3ccc(I)cc3)CC2)nn1. The number of aromatic nitrogens is 2. The molecule has 2 aromatic carbocycles. The third kappa shape index (κ3) is 5.33. The zero-order valence-electron chi connectivity index (χ0n) is 17.4. The van der Waals surface area contributed by atoms with E-state index in [2.05, 4.69) is 67.3 Å². The highest BCUT2D eigenvalue weighted by Crippen LogP contribution is 2.29. The zero-order valence-corrected chi connectivity index (χ0v) is 19.6. The smallest absolute Gasteiger partial charge is 0.223 e. The number of nitrogens with one attached hydrogen (secondary N) is 1. The highest BCUT2D eigenvalue weighted by Gasteiger charge is 2.25. The minimum Gasteiger partial charge on any atom is -0.496 e. The van der Waals surface area contributed by atoms with Crippen LogP contribution in [0, 0.1) is 9.49 Å². The van der Waals surface area contributed by atoms with Gasteiger partial charge in [-0.15, -0.1) is 10.2 Å². The van der Waals surface area contributed by atoms with Gasteiger partial charge < -0.3 is 15.0 Å². The van der Waals surface area contributed by atoms with Crippen molar-refractivity contribution in [2.45, 2.75) is 19.4 Å². The van der Waals surface area contributed by atoms with Gasteiger partial charge in [0.2, 0.25) is 5.91 Å². The standard InChI is InChI=1S/C24H25IN4O2/c1-31-22-5-3-2-4-20(22)21-10-11-23(28-27-21)29-14-12-18(13-15-29)24(30)26-16-17-6-8-19(25)9-7-17/h2-11,18H,12-16H2,1H3,(H,26,30). The molecule has 6 nitrogen and oxygen atoms in total. The highest BCUT2D eigenvalue weighted by molar-refractivity contribution is 14.1. The van der Waals surface area contributed by atoms with E-state index in [1.165, 1.54) is 3.57 Å². The Morgan fingerprint density at radius 2 is 1.81 bits per heavy atom. The molecule has 0 spiro atoms. The van der Waals surface area contributed by atoms with E-state index in [-0.39, 0.29) is 11.8 Å². The molecule has 0 unspecified atom stereocenters. The van der Waals surface area contributed by atoms with Gasteiger partial charge in [-0.2, -0.15) is 0 Å². The highest BCUT2D eigenvalue weighted by atomic mass is 127. The van der Waals surface area contributed by atoms with E-state index in [9.17, 15) is 4.79 Å². The van der Waals surface area contributed by atoms with Crippen LogP contribution in [0.25, 0.3) is 11.3 Å². The molecule has 0 atom stereocenters. The summed E-state index contributed by atoms with van der Waals surface area (Å²) < 4.78 is 6.61. The van der Waals surface area contributed by atoms with Gasteiger partial charge in [0.15, 0.2) is 5.82 Å². The van der Waals surface area contributed by atoms with Crippen molar-refractivity contribution in [1.29, 1.82) is 0 Å². The quantitative estimate of drug-likeness (QED) is 0.484. The van der Waals surface area contributed by atoms with Crippen LogP contribution in [-0.2, 0) is 11.3 Å². The van der Waals surface area contributed by atoms with Crippen LogP contribution in [0.15, 0.2) is 60.7 Å².